The molecule has 1 aliphatic heterocycles. The third-order valence-corrected chi connectivity index (χ3v) is 4.26. The second-order valence-electron chi connectivity index (χ2n) is 5.24. The van der Waals surface area contributed by atoms with Crippen molar-refractivity contribution in [2.45, 2.75) is 19.4 Å². The maximum atomic E-state index is 12.1. The fourth-order valence-corrected chi connectivity index (χ4v) is 2.87. The van der Waals surface area contributed by atoms with Gasteiger partial charge in [-0.3, -0.25) is 15.0 Å². The third kappa shape index (κ3) is 5.55. The van der Waals surface area contributed by atoms with Crippen LogP contribution < -0.4 is 10.7 Å². The molecule has 5 nitrogen and oxygen atoms in total. The first-order chi connectivity index (χ1) is 11.7. The number of thiophene rings is 1. The van der Waals surface area contributed by atoms with Crippen LogP contribution in [0, 0.1) is 0 Å². The van der Waals surface area contributed by atoms with Crippen LogP contribution in [0.25, 0.3) is 0 Å². The predicted molar refractivity (Wildman–Crippen MR) is 96.2 cm³/mol. The Morgan fingerprint density at radius 2 is 2.08 bits per heavy atom. The number of carbonyl (C=O) groups excluding carboxylic acids is 2. The second-order valence-corrected chi connectivity index (χ2v) is 6.18. The van der Waals surface area contributed by atoms with Gasteiger partial charge in [0.1, 0.15) is 0 Å². The summed E-state index contributed by atoms with van der Waals surface area (Å²) in [6.07, 6.45) is 2.97. The number of nitrogens with zero attached hydrogens (tertiary/aromatic N) is 1. The van der Waals surface area contributed by atoms with Crippen LogP contribution in [-0.2, 0) is 11.3 Å². The Bertz CT molecular complexity index is 648. The minimum atomic E-state index is -0.207. The van der Waals surface area contributed by atoms with Crippen molar-refractivity contribution in [1.29, 1.82) is 0 Å². The van der Waals surface area contributed by atoms with Gasteiger partial charge in [-0.05, 0) is 29.9 Å². The summed E-state index contributed by atoms with van der Waals surface area (Å²) in [5.74, 6) is -0.207. The van der Waals surface area contributed by atoms with Gasteiger partial charge in [-0.2, -0.15) is 0 Å². The molecule has 1 aromatic heterocycles. The monoisotopic (exact) mass is 343 g/mol. The van der Waals surface area contributed by atoms with Gasteiger partial charge in [0.15, 0.2) is 0 Å². The summed E-state index contributed by atoms with van der Waals surface area (Å²) in [4.78, 5) is 23.3. The van der Waals surface area contributed by atoms with Crippen LogP contribution in [0.3, 0.4) is 0 Å². The van der Waals surface area contributed by atoms with Crippen molar-refractivity contribution >= 4 is 23.7 Å². The fourth-order valence-electron chi connectivity index (χ4n) is 2.19. The molecule has 2 heterocycles. The molecule has 0 radical (unpaired) electrons. The van der Waals surface area contributed by atoms with Gasteiger partial charge >= 0.3 is 0 Å². The zero-order valence-corrected chi connectivity index (χ0v) is 14.2. The fraction of sp³-hybridized carbons (Fsp3) is 0.222. The standard InChI is InChI=1S/C13H12N2O2S.C5H9N/c16-10-14-15(9-11-5-2-1-3-6-11)13(17)12-7-4-8-18-12;1-5-3-2-4-6-5/h1-8,10H,9H2,(H,14,16);6H,1-4H2. The first-order valence-corrected chi connectivity index (χ1v) is 8.59. The Balaban J connectivity index is 0.000000292. The predicted octanol–water partition coefficient (Wildman–Crippen LogP) is 2.94. The van der Waals surface area contributed by atoms with E-state index in [1.807, 2.05) is 35.7 Å². The van der Waals surface area contributed by atoms with Crippen LogP contribution in [-0.4, -0.2) is 23.9 Å². The Morgan fingerprint density at radius 1 is 1.29 bits per heavy atom. The summed E-state index contributed by atoms with van der Waals surface area (Å²) in [6.45, 7) is 5.22. The lowest BCUT2D eigenvalue weighted by atomic mass is 10.2. The highest BCUT2D eigenvalue weighted by Gasteiger charge is 2.16. The van der Waals surface area contributed by atoms with Crippen LogP contribution in [0.15, 0.2) is 60.1 Å². The van der Waals surface area contributed by atoms with Crippen molar-refractivity contribution in [3.05, 3.63) is 70.6 Å². The maximum Gasteiger partial charge on any atom is 0.282 e. The molecule has 1 fully saturated rings. The van der Waals surface area contributed by atoms with Crippen molar-refractivity contribution in [3.8, 4) is 0 Å². The van der Waals surface area contributed by atoms with Crippen molar-refractivity contribution in [2.24, 2.45) is 0 Å². The average Bonchev–Trinajstić information content (AvgIpc) is 3.29. The molecule has 0 saturated carbocycles. The summed E-state index contributed by atoms with van der Waals surface area (Å²) in [5, 5.41) is 6.25. The van der Waals surface area contributed by atoms with E-state index < -0.39 is 0 Å². The average molecular weight is 343 g/mol. The Morgan fingerprint density at radius 3 is 2.58 bits per heavy atom. The smallest absolute Gasteiger partial charge is 0.282 e. The largest absolute Gasteiger partial charge is 0.389 e. The minimum absolute atomic E-state index is 0.207. The van der Waals surface area contributed by atoms with E-state index in [9.17, 15) is 9.59 Å². The third-order valence-electron chi connectivity index (χ3n) is 3.40. The van der Waals surface area contributed by atoms with E-state index in [1.165, 1.54) is 34.9 Å². The van der Waals surface area contributed by atoms with Crippen molar-refractivity contribution in [3.63, 3.8) is 0 Å². The van der Waals surface area contributed by atoms with E-state index in [-0.39, 0.29) is 5.91 Å². The maximum absolute atomic E-state index is 12.1. The number of hydrazine groups is 1. The van der Waals surface area contributed by atoms with Crippen LogP contribution in [0.4, 0.5) is 0 Å². The Kier molecular flexibility index (Phi) is 7.04. The normalized spacial score (nSPS) is 12.6. The first-order valence-electron chi connectivity index (χ1n) is 7.71. The summed E-state index contributed by atoms with van der Waals surface area (Å²) < 4.78 is 0. The number of amides is 2. The number of benzene rings is 1. The van der Waals surface area contributed by atoms with E-state index in [1.54, 1.807) is 12.1 Å². The lowest BCUT2D eigenvalue weighted by Gasteiger charge is -2.20. The van der Waals surface area contributed by atoms with Gasteiger partial charge in [0.25, 0.3) is 5.91 Å². The number of carbonyl (C=O) groups is 2. The minimum Gasteiger partial charge on any atom is -0.389 e. The van der Waals surface area contributed by atoms with Gasteiger partial charge in [0.05, 0.1) is 11.4 Å². The Hall–Kier alpha value is -2.60. The molecule has 0 spiro atoms. The molecule has 0 aliphatic carbocycles. The van der Waals surface area contributed by atoms with Gasteiger partial charge in [-0.25, -0.2) is 5.01 Å². The number of rotatable bonds is 5. The summed E-state index contributed by atoms with van der Waals surface area (Å²) >= 11 is 1.35. The van der Waals surface area contributed by atoms with Gasteiger partial charge in [0, 0.05) is 12.2 Å². The van der Waals surface area contributed by atoms with Crippen molar-refractivity contribution < 1.29 is 9.59 Å². The van der Waals surface area contributed by atoms with Crippen LogP contribution in [0.1, 0.15) is 28.1 Å². The number of nitrogens with one attached hydrogen (secondary N) is 2. The lowest BCUT2D eigenvalue weighted by Crippen LogP contribution is -2.41. The second kappa shape index (κ2) is 9.52. The van der Waals surface area contributed by atoms with Crippen LogP contribution in [0.5, 0.6) is 0 Å². The quantitative estimate of drug-likeness (QED) is 0.648. The molecule has 2 amide bonds. The number of hydrogen-bond acceptors (Lipinski definition) is 4. The highest BCUT2D eigenvalue weighted by atomic mass is 32.1. The topological polar surface area (TPSA) is 61.4 Å². The van der Waals surface area contributed by atoms with Gasteiger partial charge in [-0.1, -0.05) is 43.0 Å². The molecular weight excluding hydrogens is 322 g/mol. The molecule has 1 aliphatic rings. The zero-order valence-electron chi connectivity index (χ0n) is 13.4. The van der Waals surface area contributed by atoms with E-state index in [2.05, 4.69) is 17.3 Å². The molecule has 2 N–H and O–H groups in total. The molecule has 6 heteroatoms. The number of allylic oxidation sites excluding steroid dienone is 1. The molecule has 0 unspecified atom stereocenters. The Labute approximate surface area is 146 Å². The van der Waals surface area contributed by atoms with Gasteiger partial charge in [0.2, 0.25) is 6.41 Å². The molecular formula is C18H21N3O2S. The molecule has 2 aromatic rings. The molecule has 24 heavy (non-hydrogen) atoms. The highest BCUT2D eigenvalue weighted by Crippen LogP contribution is 2.13. The zero-order chi connectivity index (χ0) is 17.2. The van der Waals surface area contributed by atoms with Crippen molar-refractivity contribution in [1.82, 2.24) is 15.8 Å². The SMILES string of the molecule is C=C1CCCN1.O=CNN(Cc1ccccc1)C(=O)c1cccs1. The van der Waals surface area contributed by atoms with Gasteiger partial charge in [-0.15, -0.1) is 11.3 Å². The molecule has 1 saturated heterocycles. The van der Waals surface area contributed by atoms with E-state index >= 15 is 0 Å². The van der Waals surface area contributed by atoms with E-state index in [0.717, 1.165) is 12.1 Å². The molecule has 0 bridgehead atoms. The molecule has 1 aromatic carbocycles. The number of hydrogen-bond donors (Lipinski definition) is 2. The summed E-state index contributed by atoms with van der Waals surface area (Å²) in [5.41, 5.74) is 4.59. The molecule has 0 atom stereocenters. The van der Waals surface area contributed by atoms with Crippen molar-refractivity contribution in [2.75, 3.05) is 6.54 Å². The van der Waals surface area contributed by atoms with Gasteiger partial charge < -0.3 is 5.32 Å². The van der Waals surface area contributed by atoms with E-state index in [4.69, 9.17) is 0 Å². The first kappa shape index (κ1) is 17.7. The lowest BCUT2D eigenvalue weighted by molar-refractivity contribution is -0.113. The molecule has 3 rings (SSSR count). The van der Waals surface area contributed by atoms with Crippen LogP contribution >= 0.6 is 11.3 Å². The highest BCUT2D eigenvalue weighted by molar-refractivity contribution is 7.12. The van der Waals surface area contributed by atoms with Crippen LogP contribution in [0.2, 0.25) is 0 Å². The summed E-state index contributed by atoms with van der Waals surface area (Å²) in [6, 6.07) is 13.0. The molecule has 126 valence electrons. The van der Waals surface area contributed by atoms with E-state index in [0.29, 0.717) is 17.8 Å². The summed E-state index contributed by atoms with van der Waals surface area (Å²) in [7, 11) is 0.